The van der Waals surface area contributed by atoms with Gasteiger partial charge < -0.3 is 14.9 Å². The van der Waals surface area contributed by atoms with Gasteiger partial charge in [-0.2, -0.15) is 18.2 Å². The molecule has 0 radical (unpaired) electrons. The summed E-state index contributed by atoms with van der Waals surface area (Å²) >= 11 is 0. The minimum Gasteiger partial charge on any atom is -0.478 e. The maximum absolute atomic E-state index is 13.5. The summed E-state index contributed by atoms with van der Waals surface area (Å²) in [4.78, 5) is 16.0. The van der Waals surface area contributed by atoms with Gasteiger partial charge in [0.2, 0.25) is 5.88 Å². The van der Waals surface area contributed by atoms with Crippen LogP contribution in [0.15, 0.2) is 66.9 Å². The Hall–Kier alpha value is -3.85. The van der Waals surface area contributed by atoms with Crippen LogP contribution in [-0.4, -0.2) is 32.2 Å². The Bertz CT molecular complexity index is 1320. The number of rotatable bonds is 6. The van der Waals surface area contributed by atoms with Crippen molar-refractivity contribution in [1.82, 2.24) is 9.38 Å². The molecule has 6 nitrogen and oxygen atoms in total. The number of aliphatic hydroxyl groups excluding tert-OH is 1. The summed E-state index contributed by atoms with van der Waals surface area (Å²) in [5.74, 6) is -1.12. The number of carbonyl (C=O) groups is 1. The maximum atomic E-state index is 13.5. The lowest BCUT2D eigenvalue weighted by atomic mass is 9.94. The van der Waals surface area contributed by atoms with Gasteiger partial charge in [0.15, 0.2) is 0 Å². The Labute approximate surface area is 186 Å². The van der Waals surface area contributed by atoms with Gasteiger partial charge >= 0.3 is 12.1 Å². The van der Waals surface area contributed by atoms with Crippen LogP contribution in [0.5, 0.6) is 5.88 Å². The van der Waals surface area contributed by atoms with E-state index < -0.39 is 23.8 Å². The number of aliphatic hydroxyl groups is 1. The summed E-state index contributed by atoms with van der Waals surface area (Å²) in [6.07, 6.45) is -4.84. The first-order valence-electron chi connectivity index (χ1n) is 10.0. The number of aromatic carboxylic acids is 1. The van der Waals surface area contributed by atoms with Gasteiger partial charge in [0.1, 0.15) is 11.8 Å². The Morgan fingerprint density at radius 1 is 1.12 bits per heavy atom. The zero-order chi connectivity index (χ0) is 23.8. The molecule has 4 rings (SSSR count). The fourth-order valence-electron chi connectivity index (χ4n) is 3.63. The number of ether oxygens (including phenoxy) is 1. The van der Waals surface area contributed by atoms with Gasteiger partial charge in [-0.3, -0.25) is 4.40 Å². The molecule has 0 fully saturated rings. The van der Waals surface area contributed by atoms with E-state index >= 15 is 0 Å². The molecule has 2 heterocycles. The van der Waals surface area contributed by atoms with Crippen molar-refractivity contribution in [3.8, 4) is 17.0 Å². The number of aromatic nitrogens is 2. The molecule has 4 aromatic rings. The highest BCUT2D eigenvalue weighted by molar-refractivity contribution is 5.96. The quantitative estimate of drug-likeness (QED) is 0.417. The highest BCUT2D eigenvalue weighted by Crippen LogP contribution is 2.35. The van der Waals surface area contributed by atoms with Crippen molar-refractivity contribution < 1.29 is 32.9 Å². The number of fused-ring (bicyclic) bond motifs is 1. The number of halogens is 3. The van der Waals surface area contributed by atoms with Gasteiger partial charge in [-0.25, -0.2) is 4.79 Å². The maximum Gasteiger partial charge on any atom is 0.416 e. The van der Waals surface area contributed by atoms with Crippen LogP contribution in [0.4, 0.5) is 13.2 Å². The van der Waals surface area contributed by atoms with Crippen molar-refractivity contribution >= 4 is 11.6 Å². The number of hydrogen-bond donors (Lipinski definition) is 2. The number of hydrogen-bond acceptors (Lipinski definition) is 4. The minimum atomic E-state index is -4.67. The molecule has 2 aromatic carbocycles. The lowest BCUT2D eigenvalue weighted by molar-refractivity contribution is -0.137. The summed E-state index contributed by atoms with van der Waals surface area (Å²) in [6, 6.07) is 14.8. The van der Waals surface area contributed by atoms with E-state index in [1.165, 1.54) is 28.8 Å². The van der Waals surface area contributed by atoms with E-state index in [2.05, 4.69) is 4.98 Å². The lowest BCUT2D eigenvalue weighted by Crippen LogP contribution is -2.12. The van der Waals surface area contributed by atoms with Crippen molar-refractivity contribution in [1.29, 1.82) is 0 Å². The molecular weight excluding hydrogens is 437 g/mol. The van der Waals surface area contributed by atoms with Gasteiger partial charge in [-0.15, -0.1) is 0 Å². The molecule has 0 saturated carbocycles. The van der Waals surface area contributed by atoms with Crippen LogP contribution in [0.3, 0.4) is 0 Å². The largest absolute Gasteiger partial charge is 0.478 e. The number of alkyl halides is 3. The first-order chi connectivity index (χ1) is 15.7. The van der Waals surface area contributed by atoms with Gasteiger partial charge in [0, 0.05) is 0 Å². The summed E-state index contributed by atoms with van der Waals surface area (Å²) in [6.45, 7) is 1.97. The fourth-order valence-corrected chi connectivity index (χ4v) is 3.63. The van der Waals surface area contributed by atoms with Crippen LogP contribution >= 0.6 is 0 Å². The molecule has 1 atom stereocenters. The van der Waals surface area contributed by atoms with Crippen LogP contribution in [0, 0.1) is 0 Å². The fraction of sp³-hybridized carbons (Fsp3) is 0.167. The third kappa shape index (κ3) is 4.40. The lowest BCUT2D eigenvalue weighted by Gasteiger charge is -2.18. The molecule has 1 unspecified atom stereocenters. The van der Waals surface area contributed by atoms with Crippen molar-refractivity contribution in [2.75, 3.05) is 6.61 Å². The van der Waals surface area contributed by atoms with Crippen molar-refractivity contribution in [3.63, 3.8) is 0 Å². The van der Waals surface area contributed by atoms with Crippen LogP contribution in [-0.2, 0) is 6.18 Å². The molecule has 2 N–H and O–H groups in total. The first-order valence-corrected chi connectivity index (χ1v) is 10.0. The highest BCUT2D eigenvalue weighted by atomic mass is 19.4. The number of benzene rings is 2. The molecule has 0 amide bonds. The molecule has 0 bridgehead atoms. The number of carboxylic acids is 1. The second-order valence-corrected chi connectivity index (χ2v) is 7.29. The predicted molar refractivity (Wildman–Crippen MR) is 114 cm³/mol. The third-order valence-corrected chi connectivity index (χ3v) is 5.15. The zero-order valence-corrected chi connectivity index (χ0v) is 17.4. The predicted octanol–water partition coefficient (Wildman–Crippen LogP) is 5.20. The number of pyridine rings is 1. The second kappa shape index (κ2) is 8.59. The van der Waals surface area contributed by atoms with E-state index in [0.29, 0.717) is 11.1 Å². The van der Waals surface area contributed by atoms with Gasteiger partial charge in [-0.1, -0.05) is 42.5 Å². The van der Waals surface area contributed by atoms with Crippen LogP contribution < -0.4 is 4.74 Å². The van der Waals surface area contributed by atoms with E-state index in [1.54, 1.807) is 37.3 Å². The molecule has 33 heavy (non-hydrogen) atoms. The molecule has 170 valence electrons. The number of imidazole rings is 1. The molecular formula is C24H19F3N2O4. The van der Waals surface area contributed by atoms with E-state index in [1.807, 2.05) is 0 Å². The Morgan fingerprint density at radius 2 is 1.85 bits per heavy atom. The van der Waals surface area contributed by atoms with Gasteiger partial charge in [0.25, 0.3) is 0 Å². The molecule has 2 aromatic heterocycles. The molecule has 0 aliphatic rings. The average molecular weight is 456 g/mol. The number of carboxylic acid groups (broad SMARTS) is 1. The molecule has 0 aliphatic carbocycles. The topological polar surface area (TPSA) is 84.1 Å². The average Bonchev–Trinajstić information content (AvgIpc) is 3.20. The minimum absolute atomic E-state index is 0.0540. The smallest absolute Gasteiger partial charge is 0.416 e. The molecule has 0 spiro atoms. The SMILES string of the molecule is CCOc1cn2c(C(O)c3ccc(-c4ccccc4)c(C(=O)O)c3)cc(C(F)(F)F)cc2n1. The highest BCUT2D eigenvalue weighted by Gasteiger charge is 2.33. The molecule has 0 saturated heterocycles. The zero-order valence-electron chi connectivity index (χ0n) is 17.4. The Balaban J connectivity index is 1.86. The standard InChI is InChI=1S/C24H19F3N2O4/c1-2-33-21-13-29-19(11-16(24(25,26)27)12-20(29)28-21)22(30)15-8-9-17(18(10-15)23(31)32)14-6-4-3-5-7-14/h3-13,22,30H,2H2,1H3,(H,31,32). The van der Waals surface area contributed by atoms with Crippen LogP contribution in [0.25, 0.3) is 16.8 Å². The van der Waals surface area contributed by atoms with Crippen molar-refractivity contribution in [3.05, 3.63) is 89.2 Å². The molecule has 0 aliphatic heterocycles. The molecule has 9 heteroatoms. The van der Waals surface area contributed by atoms with Gasteiger partial charge in [0.05, 0.1) is 29.6 Å². The monoisotopic (exact) mass is 456 g/mol. The van der Waals surface area contributed by atoms with E-state index in [9.17, 15) is 28.2 Å². The van der Waals surface area contributed by atoms with Crippen LogP contribution in [0.1, 0.15) is 40.2 Å². The van der Waals surface area contributed by atoms with Gasteiger partial charge in [-0.05, 0) is 41.8 Å². The van der Waals surface area contributed by atoms with E-state index in [4.69, 9.17) is 4.74 Å². The van der Waals surface area contributed by atoms with Crippen molar-refractivity contribution in [2.45, 2.75) is 19.2 Å². The first kappa shape index (κ1) is 22.3. The van der Waals surface area contributed by atoms with E-state index in [-0.39, 0.29) is 35.0 Å². The van der Waals surface area contributed by atoms with Crippen molar-refractivity contribution in [2.24, 2.45) is 0 Å². The summed E-state index contributed by atoms with van der Waals surface area (Å²) < 4.78 is 47.1. The Morgan fingerprint density at radius 3 is 2.48 bits per heavy atom. The second-order valence-electron chi connectivity index (χ2n) is 7.29. The normalized spacial score (nSPS) is 12.6. The summed E-state index contributed by atoms with van der Waals surface area (Å²) in [5, 5.41) is 20.8. The Kier molecular flexibility index (Phi) is 5.82. The summed E-state index contributed by atoms with van der Waals surface area (Å²) in [5.41, 5.74) is -0.0373. The van der Waals surface area contributed by atoms with Crippen LogP contribution in [0.2, 0.25) is 0 Å². The summed E-state index contributed by atoms with van der Waals surface area (Å²) in [7, 11) is 0. The third-order valence-electron chi connectivity index (χ3n) is 5.15. The number of nitrogens with zero attached hydrogens (tertiary/aromatic N) is 2. The van der Waals surface area contributed by atoms with E-state index in [0.717, 1.165) is 12.1 Å².